The van der Waals surface area contributed by atoms with Crippen molar-refractivity contribution in [2.75, 3.05) is 0 Å². The van der Waals surface area contributed by atoms with Crippen LogP contribution in [0.15, 0.2) is 0 Å². The molecule has 0 aromatic carbocycles. The van der Waals surface area contributed by atoms with E-state index in [4.69, 9.17) is 0 Å². The third-order valence-electron chi connectivity index (χ3n) is 3.52. The van der Waals surface area contributed by atoms with Gasteiger partial charge < -0.3 is 0 Å². The van der Waals surface area contributed by atoms with Gasteiger partial charge in [0.25, 0.3) is 0 Å². The Hall–Kier alpha value is 0.0200. The lowest BCUT2D eigenvalue weighted by atomic mass is 9.92. The maximum absolute atomic E-state index is 11.9. The highest BCUT2D eigenvalue weighted by Gasteiger charge is 2.37. The Balaban J connectivity index is 1.83. The van der Waals surface area contributed by atoms with E-state index < -0.39 is 0 Å². The molecule has 2 saturated heterocycles. The van der Waals surface area contributed by atoms with E-state index in [0.29, 0.717) is 11.7 Å². The average molecular weight is 212 g/mol. The molecule has 0 aliphatic carbocycles. The summed E-state index contributed by atoms with van der Waals surface area (Å²) in [5, 5.41) is 1.65. The molecule has 2 bridgehead atoms. The van der Waals surface area contributed by atoms with Crippen LogP contribution in [-0.4, -0.2) is 16.3 Å². The first-order valence-electron chi connectivity index (χ1n) is 5.97. The number of thioether (sulfide) groups is 1. The first kappa shape index (κ1) is 10.5. The van der Waals surface area contributed by atoms with Crippen molar-refractivity contribution in [3.05, 3.63) is 0 Å². The quantitative estimate of drug-likeness (QED) is 0.710. The molecule has 1 nitrogen and oxygen atoms in total. The Morgan fingerprint density at radius 1 is 1.29 bits per heavy atom. The Morgan fingerprint density at radius 2 is 1.93 bits per heavy atom. The predicted octanol–water partition coefficient (Wildman–Crippen LogP) is 3.42. The molecule has 0 spiro atoms. The molecule has 2 unspecified atom stereocenters. The third-order valence-corrected chi connectivity index (χ3v) is 5.15. The summed E-state index contributed by atoms with van der Waals surface area (Å²) in [5.74, 6) is 0.990. The number of rotatable bonds is 4. The average Bonchev–Trinajstić information content (AvgIpc) is 2.54. The number of hydrogen-bond donors (Lipinski definition) is 0. The van der Waals surface area contributed by atoms with Gasteiger partial charge in [0.05, 0.1) is 0 Å². The van der Waals surface area contributed by atoms with E-state index in [-0.39, 0.29) is 0 Å². The molecule has 0 amide bonds. The topological polar surface area (TPSA) is 17.1 Å². The van der Waals surface area contributed by atoms with Crippen molar-refractivity contribution < 1.29 is 4.79 Å². The minimum Gasteiger partial charge on any atom is -0.299 e. The van der Waals surface area contributed by atoms with E-state index in [1.807, 2.05) is 0 Å². The predicted molar refractivity (Wildman–Crippen MR) is 61.7 cm³/mol. The van der Waals surface area contributed by atoms with Gasteiger partial charge in [0.15, 0.2) is 0 Å². The lowest BCUT2D eigenvalue weighted by Gasteiger charge is -2.26. The molecular weight excluding hydrogens is 192 g/mol. The van der Waals surface area contributed by atoms with Crippen LogP contribution in [0, 0.1) is 5.92 Å². The highest BCUT2D eigenvalue weighted by molar-refractivity contribution is 8.00. The van der Waals surface area contributed by atoms with Gasteiger partial charge in [-0.25, -0.2) is 0 Å². The summed E-state index contributed by atoms with van der Waals surface area (Å²) in [5.41, 5.74) is 0. The zero-order chi connectivity index (χ0) is 9.97. The molecule has 2 aliphatic rings. The highest BCUT2D eigenvalue weighted by atomic mass is 32.2. The van der Waals surface area contributed by atoms with Crippen LogP contribution < -0.4 is 0 Å². The van der Waals surface area contributed by atoms with E-state index in [0.717, 1.165) is 29.8 Å². The van der Waals surface area contributed by atoms with E-state index in [9.17, 15) is 4.79 Å². The standard InChI is InChI=1S/C12H20OS/c1-2-3-4-12(13)9-7-10-5-6-11(8-9)14-10/h9-11H,2-8H2,1H3. The summed E-state index contributed by atoms with van der Waals surface area (Å²) in [6.07, 6.45) is 8.19. The molecule has 0 N–H and O–H groups in total. The fraction of sp³-hybridized carbons (Fsp3) is 0.917. The third kappa shape index (κ3) is 2.33. The van der Waals surface area contributed by atoms with Gasteiger partial charge in [0.1, 0.15) is 5.78 Å². The summed E-state index contributed by atoms with van der Waals surface area (Å²) < 4.78 is 0. The molecule has 14 heavy (non-hydrogen) atoms. The van der Waals surface area contributed by atoms with Crippen LogP contribution in [0.1, 0.15) is 51.9 Å². The normalized spacial score (nSPS) is 35.9. The van der Waals surface area contributed by atoms with Gasteiger partial charge in [-0.1, -0.05) is 13.3 Å². The summed E-state index contributed by atoms with van der Waals surface area (Å²) in [7, 11) is 0. The van der Waals surface area contributed by atoms with Crippen LogP contribution in [-0.2, 0) is 4.79 Å². The maximum atomic E-state index is 11.9. The number of Topliss-reactive ketones (excluding diaryl/α,β-unsaturated/α-hetero) is 1. The molecule has 0 radical (unpaired) electrons. The van der Waals surface area contributed by atoms with Gasteiger partial charge >= 0.3 is 0 Å². The van der Waals surface area contributed by atoms with E-state index in [1.165, 1.54) is 25.7 Å². The van der Waals surface area contributed by atoms with Crippen LogP contribution in [0.5, 0.6) is 0 Å². The molecule has 0 saturated carbocycles. The van der Waals surface area contributed by atoms with Crippen molar-refractivity contribution in [3.63, 3.8) is 0 Å². The van der Waals surface area contributed by atoms with Crippen LogP contribution in [0.3, 0.4) is 0 Å². The molecule has 0 aromatic rings. The minimum atomic E-state index is 0.431. The fourth-order valence-corrected chi connectivity index (χ4v) is 4.45. The van der Waals surface area contributed by atoms with Crippen LogP contribution >= 0.6 is 11.8 Å². The summed E-state index contributed by atoms with van der Waals surface area (Å²) in [6, 6.07) is 0. The number of carbonyl (C=O) groups excluding carboxylic acids is 1. The fourth-order valence-electron chi connectivity index (χ4n) is 2.68. The van der Waals surface area contributed by atoms with Gasteiger partial charge in [-0.2, -0.15) is 11.8 Å². The molecule has 0 aromatic heterocycles. The zero-order valence-corrected chi connectivity index (χ0v) is 9.81. The van der Waals surface area contributed by atoms with Gasteiger partial charge in [-0.05, 0) is 32.1 Å². The van der Waals surface area contributed by atoms with Crippen molar-refractivity contribution in [1.29, 1.82) is 0 Å². The van der Waals surface area contributed by atoms with Crippen molar-refractivity contribution >= 4 is 17.5 Å². The summed E-state index contributed by atoms with van der Waals surface area (Å²) in [6.45, 7) is 2.16. The smallest absolute Gasteiger partial charge is 0.136 e. The zero-order valence-electron chi connectivity index (χ0n) is 9.00. The molecule has 2 rings (SSSR count). The van der Waals surface area contributed by atoms with Crippen LogP contribution in [0.2, 0.25) is 0 Å². The number of ketones is 1. The molecule has 2 aliphatic heterocycles. The monoisotopic (exact) mass is 212 g/mol. The SMILES string of the molecule is CCCCC(=O)C1CC2CCC(C1)S2. The van der Waals surface area contributed by atoms with Crippen LogP contribution in [0.4, 0.5) is 0 Å². The molecule has 80 valence electrons. The second-order valence-electron chi connectivity index (χ2n) is 4.70. The van der Waals surface area contributed by atoms with Crippen molar-refractivity contribution in [2.24, 2.45) is 5.92 Å². The number of unbranched alkanes of at least 4 members (excludes halogenated alkanes) is 1. The Kier molecular flexibility index (Phi) is 3.53. The maximum Gasteiger partial charge on any atom is 0.136 e. The Bertz CT molecular complexity index is 202. The van der Waals surface area contributed by atoms with E-state index >= 15 is 0 Å². The second-order valence-corrected chi connectivity index (χ2v) is 6.30. The molecule has 2 fully saturated rings. The number of carbonyl (C=O) groups is 1. The van der Waals surface area contributed by atoms with E-state index in [2.05, 4.69) is 18.7 Å². The first-order chi connectivity index (χ1) is 6.79. The minimum absolute atomic E-state index is 0.431. The first-order valence-corrected chi connectivity index (χ1v) is 6.92. The second kappa shape index (κ2) is 4.69. The number of hydrogen-bond acceptors (Lipinski definition) is 2. The van der Waals surface area contributed by atoms with Crippen LogP contribution in [0.25, 0.3) is 0 Å². The Morgan fingerprint density at radius 3 is 2.50 bits per heavy atom. The molecule has 2 heterocycles. The van der Waals surface area contributed by atoms with Crippen molar-refractivity contribution in [1.82, 2.24) is 0 Å². The van der Waals surface area contributed by atoms with Gasteiger partial charge in [-0.15, -0.1) is 0 Å². The molecule has 2 atom stereocenters. The highest BCUT2D eigenvalue weighted by Crippen LogP contribution is 2.46. The molecule has 2 heteroatoms. The summed E-state index contributed by atoms with van der Waals surface area (Å²) >= 11 is 2.15. The summed E-state index contributed by atoms with van der Waals surface area (Å²) in [4.78, 5) is 11.9. The number of fused-ring (bicyclic) bond motifs is 2. The van der Waals surface area contributed by atoms with Gasteiger partial charge in [-0.3, -0.25) is 4.79 Å². The van der Waals surface area contributed by atoms with E-state index in [1.54, 1.807) is 0 Å². The lowest BCUT2D eigenvalue weighted by molar-refractivity contribution is -0.123. The van der Waals surface area contributed by atoms with Gasteiger partial charge in [0, 0.05) is 22.8 Å². The Labute approximate surface area is 91.0 Å². The van der Waals surface area contributed by atoms with Gasteiger partial charge in [0.2, 0.25) is 0 Å². The van der Waals surface area contributed by atoms with Crippen molar-refractivity contribution in [3.8, 4) is 0 Å². The molecular formula is C12H20OS. The van der Waals surface area contributed by atoms with Crippen molar-refractivity contribution in [2.45, 2.75) is 62.4 Å². The largest absolute Gasteiger partial charge is 0.299 e. The lowest BCUT2D eigenvalue weighted by Crippen LogP contribution is -2.24.